The van der Waals surface area contributed by atoms with Crippen LogP contribution in [0.4, 0.5) is 21.8 Å². The van der Waals surface area contributed by atoms with E-state index >= 15 is 0 Å². The van der Waals surface area contributed by atoms with Crippen LogP contribution >= 0.6 is 0 Å². The van der Waals surface area contributed by atoms with Gasteiger partial charge in [-0.2, -0.15) is 4.98 Å². The van der Waals surface area contributed by atoms with Crippen molar-refractivity contribution in [2.24, 2.45) is 0 Å². The molecule has 174 valence electrons. The van der Waals surface area contributed by atoms with E-state index in [0.717, 1.165) is 36.3 Å². The number of anilines is 3. The van der Waals surface area contributed by atoms with E-state index < -0.39 is 0 Å². The van der Waals surface area contributed by atoms with Crippen molar-refractivity contribution >= 4 is 17.5 Å². The molecule has 1 atom stereocenters. The molecule has 5 rings (SSSR count). The maximum absolute atomic E-state index is 14.6. The summed E-state index contributed by atoms with van der Waals surface area (Å²) in [5.41, 5.74) is 2.61. The van der Waals surface area contributed by atoms with Crippen molar-refractivity contribution in [1.29, 1.82) is 0 Å². The van der Waals surface area contributed by atoms with E-state index in [-0.39, 0.29) is 12.1 Å². The smallest absolute Gasteiger partial charge is 0.225 e. The summed E-state index contributed by atoms with van der Waals surface area (Å²) in [7, 11) is 2.03. The molecule has 2 aromatic rings. The minimum absolute atomic E-state index is 0.0763. The molecule has 0 bridgehead atoms. The Kier molecular flexibility index (Phi) is 6.41. The van der Waals surface area contributed by atoms with Crippen LogP contribution in [0.15, 0.2) is 54.4 Å². The number of aromatic nitrogens is 3. The molecule has 0 amide bonds. The zero-order valence-electron chi connectivity index (χ0n) is 19.2. The molecule has 1 fully saturated rings. The van der Waals surface area contributed by atoms with E-state index in [9.17, 15) is 4.39 Å². The molecule has 2 N–H and O–H groups in total. The van der Waals surface area contributed by atoms with Crippen LogP contribution in [0, 0.1) is 0 Å². The maximum atomic E-state index is 14.6. The van der Waals surface area contributed by atoms with Crippen molar-refractivity contribution < 1.29 is 4.39 Å². The van der Waals surface area contributed by atoms with Gasteiger partial charge in [-0.1, -0.05) is 37.8 Å². The van der Waals surface area contributed by atoms with Crippen LogP contribution in [0.5, 0.6) is 0 Å². The SMILES string of the molecule is CN1c2cnc(NCc3cccnc3)nc2N(C2CCCCCC2)C1NC1=C(F)CCC=C1. The molecule has 3 aliphatic rings. The molecule has 7 nitrogen and oxygen atoms in total. The van der Waals surface area contributed by atoms with Crippen molar-refractivity contribution in [1.82, 2.24) is 20.3 Å². The van der Waals surface area contributed by atoms with Crippen LogP contribution in [0.2, 0.25) is 0 Å². The van der Waals surface area contributed by atoms with Gasteiger partial charge in [0.2, 0.25) is 5.95 Å². The van der Waals surface area contributed by atoms with Gasteiger partial charge < -0.3 is 20.4 Å². The van der Waals surface area contributed by atoms with Gasteiger partial charge in [-0.3, -0.25) is 4.98 Å². The van der Waals surface area contributed by atoms with E-state index in [0.29, 0.717) is 30.7 Å². The third-order valence-electron chi connectivity index (χ3n) is 6.79. The number of nitrogens with one attached hydrogen (secondary N) is 2. The Bertz CT molecular complexity index is 1010. The average Bonchev–Trinajstić information content (AvgIpc) is 3.00. The fourth-order valence-corrected chi connectivity index (χ4v) is 4.99. The van der Waals surface area contributed by atoms with E-state index in [4.69, 9.17) is 4.98 Å². The zero-order chi connectivity index (χ0) is 22.6. The predicted molar refractivity (Wildman–Crippen MR) is 129 cm³/mol. The molecule has 8 heteroatoms. The highest BCUT2D eigenvalue weighted by Gasteiger charge is 2.40. The normalized spacial score (nSPS) is 21.2. The van der Waals surface area contributed by atoms with Gasteiger partial charge in [0.1, 0.15) is 11.5 Å². The van der Waals surface area contributed by atoms with Crippen molar-refractivity contribution in [2.45, 2.75) is 70.2 Å². The minimum Gasteiger partial charge on any atom is -0.350 e. The van der Waals surface area contributed by atoms with E-state index in [1.165, 1.54) is 25.7 Å². The molecule has 2 aliphatic carbocycles. The van der Waals surface area contributed by atoms with Crippen molar-refractivity contribution in [3.05, 3.63) is 60.0 Å². The van der Waals surface area contributed by atoms with E-state index in [1.807, 2.05) is 43.7 Å². The molecule has 1 unspecified atom stereocenters. The first kappa shape index (κ1) is 21.7. The number of hydrogen-bond donors (Lipinski definition) is 2. The summed E-state index contributed by atoms with van der Waals surface area (Å²) in [5, 5.41) is 6.82. The van der Waals surface area contributed by atoms with Gasteiger partial charge in [0.15, 0.2) is 12.1 Å². The van der Waals surface area contributed by atoms with Crippen LogP contribution in [-0.2, 0) is 6.54 Å². The molecule has 1 aliphatic heterocycles. The Balaban J connectivity index is 1.44. The van der Waals surface area contributed by atoms with Crippen LogP contribution in [-0.4, -0.2) is 34.3 Å². The Labute approximate surface area is 194 Å². The number of rotatable bonds is 6. The summed E-state index contributed by atoms with van der Waals surface area (Å²) >= 11 is 0. The summed E-state index contributed by atoms with van der Waals surface area (Å²) in [4.78, 5) is 18.2. The van der Waals surface area contributed by atoms with Gasteiger partial charge in [0, 0.05) is 38.4 Å². The van der Waals surface area contributed by atoms with Crippen LogP contribution in [0.1, 0.15) is 56.9 Å². The lowest BCUT2D eigenvalue weighted by Crippen LogP contribution is -2.55. The minimum atomic E-state index is -0.200. The molecule has 3 heterocycles. The van der Waals surface area contributed by atoms with Crippen LogP contribution in [0.3, 0.4) is 0 Å². The maximum Gasteiger partial charge on any atom is 0.225 e. The Morgan fingerprint density at radius 3 is 2.76 bits per heavy atom. The number of hydrogen-bond acceptors (Lipinski definition) is 7. The van der Waals surface area contributed by atoms with Gasteiger partial charge >= 0.3 is 0 Å². The standard InChI is InChI=1S/C25H32FN7/c1-32-22-17-29-24(28-16-18-9-8-14-27-15-18)31-23(22)33(19-10-4-2-3-5-11-19)25(32)30-21-13-7-6-12-20(21)26/h7-9,13-15,17,19,25,30H,2-6,10-12,16H2,1H3,(H,28,29,31). The van der Waals surface area contributed by atoms with Gasteiger partial charge in [-0.05, 0) is 37.0 Å². The Morgan fingerprint density at radius 2 is 2.00 bits per heavy atom. The lowest BCUT2D eigenvalue weighted by molar-refractivity contribution is 0.436. The number of fused-ring (bicyclic) bond motifs is 1. The lowest BCUT2D eigenvalue weighted by atomic mass is 10.1. The molecular formula is C25H32FN7. The number of allylic oxidation sites excluding steroid dienone is 3. The Hall–Kier alpha value is -3.16. The third-order valence-corrected chi connectivity index (χ3v) is 6.79. The third kappa shape index (κ3) is 4.65. The second-order valence-corrected chi connectivity index (χ2v) is 9.06. The average molecular weight is 450 g/mol. The highest BCUT2D eigenvalue weighted by Crippen LogP contribution is 2.41. The van der Waals surface area contributed by atoms with Gasteiger partial charge in [-0.15, -0.1) is 0 Å². The highest BCUT2D eigenvalue weighted by atomic mass is 19.1. The quantitative estimate of drug-likeness (QED) is 0.610. The Morgan fingerprint density at radius 1 is 1.15 bits per heavy atom. The first-order valence-corrected chi connectivity index (χ1v) is 12.0. The molecule has 1 saturated carbocycles. The summed E-state index contributed by atoms with van der Waals surface area (Å²) in [5.74, 6) is 1.42. The van der Waals surface area contributed by atoms with Crippen LogP contribution in [0.25, 0.3) is 0 Å². The van der Waals surface area contributed by atoms with Crippen molar-refractivity contribution in [3.8, 4) is 0 Å². The number of halogens is 1. The first-order chi connectivity index (χ1) is 16.2. The van der Waals surface area contributed by atoms with Crippen molar-refractivity contribution in [2.75, 3.05) is 22.2 Å². The van der Waals surface area contributed by atoms with E-state index in [1.54, 1.807) is 6.20 Å². The summed E-state index contributed by atoms with van der Waals surface area (Å²) < 4.78 is 14.6. The predicted octanol–water partition coefficient (Wildman–Crippen LogP) is 4.87. The molecule has 2 aromatic heterocycles. The fraction of sp³-hybridized carbons (Fsp3) is 0.480. The molecule has 0 aromatic carbocycles. The monoisotopic (exact) mass is 449 g/mol. The summed E-state index contributed by atoms with van der Waals surface area (Å²) in [6.45, 7) is 0.608. The lowest BCUT2D eigenvalue weighted by Gasteiger charge is -2.37. The summed E-state index contributed by atoms with van der Waals surface area (Å²) in [6, 6.07) is 4.30. The van der Waals surface area contributed by atoms with Gasteiger partial charge in [0.25, 0.3) is 0 Å². The molecular weight excluding hydrogens is 417 g/mol. The molecule has 0 saturated heterocycles. The zero-order valence-corrected chi connectivity index (χ0v) is 19.2. The highest BCUT2D eigenvalue weighted by molar-refractivity contribution is 5.74. The van der Waals surface area contributed by atoms with Crippen molar-refractivity contribution in [3.63, 3.8) is 0 Å². The van der Waals surface area contributed by atoms with Gasteiger partial charge in [-0.25, -0.2) is 9.37 Å². The number of pyridine rings is 1. The molecule has 0 radical (unpaired) electrons. The fourth-order valence-electron chi connectivity index (χ4n) is 4.99. The molecule has 0 spiro atoms. The topological polar surface area (TPSA) is 69.2 Å². The largest absolute Gasteiger partial charge is 0.350 e. The first-order valence-electron chi connectivity index (χ1n) is 12.0. The molecule has 33 heavy (non-hydrogen) atoms. The summed E-state index contributed by atoms with van der Waals surface area (Å²) in [6.07, 6.45) is 17.6. The van der Waals surface area contributed by atoms with Crippen LogP contribution < -0.4 is 20.4 Å². The number of nitrogens with zero attached hydrogens (tertiary/aromatic N) is 5. The second kappa shape index (κ2) is 9.77. The van der Waals surface area contributed by atoms with E-state index in [2.05, 4.69) is 30.4 Å². The second-order valence-electron chi connectivity index (χ2n) is 9.06. The van der Waals surface area contributed by atoms with Gasteiger partial charge in [0.05, 0.1) is 11.9 Å².